The van der Waals surface area contributed by atoms with Gasteiger partial charge in [0.05, 0.1) is 6.61 Å². The molecule has 1 aliphatic rings. The summed E-state index contributed by atoms with van der Waals surface area (Å²) in [4.78, 5) is 11.3. The second kappa shape index (κ2) is 6.90. The van der Waals surface area contributed by atoms with E-state index >= 15 is 0 Å². The molecule has 0 aromatic carbocycles. The van der Waals surface area contributed by atoms with E-state index in [4.69, 9.17) is 9.47 Å². The van der Waals surface area contributed by atoms with Crippen molar-refractivity contribution in [3.8, 4) is 0 Å². The van der Waals surface area contributed by atoms with Crippen LogP contribution in [0.15, 0.2) is 12.2 Å². The van der Waals surface area contributed by atoms with Crippen LogP contribution in [0.1, 0.15) is 19.8 Å². The van der Waals surface area contributed by atoms with Crippen molar-refractivity contribution < 1.29 is 14.3 Å². The highest BCUT2D eigenvalue weighted by Crippen LogP contribution is 2.23. The molecule has 0 radical (unpaired) electrons. The van der Waals surface area contributed by atoms with Crippen LogP contribution >= 0.6 is 11.8 Å². The molecule has 0 spiro atoms. The summed E-state index contributed by atoms with van der Waals surface area (Å²) in [7, 11) is 0. The van der Waals surface area contributed by atoms with Crippen LogP contribution in [0, 0.1) is 0 Å². The van der Waals surface area contributed by atoms with Gasteiger partial charge in [0, 0.05) is 29.8 Å². The van der Waals surface area contributed by atoms with E-state index in [9.17, 15) is 4.79 Å². The summed E-state index contributed by atoms with van der Waals surface area (Å²) in [5.41, 5.74) is 0.563. The highest BCUT2D eigenvalue weighted by atomic mass is 32.2. The van der Waals surface area contributed by atoms with Gasteiger partial charge in [0.2, 0.25) is 0 Å². The molecule has 3 nitrogen and oxygen atoms in total. The van der Waals surface area contributed by atoms with Crippen LogP contribution < -0.4 is 0 Å². The summed E-state index contributed by atoms with van der Waals surface area (Å²) in [5, 5.41) is 0.602. The highest BCUT2D eigenvalue weighted by molar-refractivity contribution is 8.00. The Morgan fingerprint density at radius 3 is 2.80 bits per heavy atom. The van der Waals surface area contributed by atoms with E-state index in [1.807, 2.05) is 0 Å². The molecular formula is C11H18O3S. The Hall–Kier alpha value is -0.480. The zero-order valence-electron chi connectivity index (χ0n) is 9.16. The van der Waals surface area contributed by atoms with Crippen molar-refractivity contribution in [3.63, 3.8) is 0 Å². The Morgan fingerprint density at radius 2 is 2.20 bits per heavy atom. The molecule has 15 heavy (non-hydrogen) atoms. The van der Waals surface area contributed by atoms with E-state index in [1.165, 1.54) is 0 Å². The average molecular weight is 230 g/mol. The molecule has 0 amide bonds. The summed E-state index contributed by atoms with van der Waals surface area (Å²) in [5.74, 6) is 0.404. The van der Waals surface area contributed by atoms with Gasteiger partial charge >= 0.3 is 5.97 Å². The number of hydrogen-bond donors (Lipinski definition) is 0. The second-order valence-electron chi connectivity index (χ2n) is 3.45. The number of thioether (sulfide) groups is 1. The van der Waals surface area contributed by atoms with Crippen molar-refractivity contribution in [2.24, 2.45) is 0 Å². The maximum absolute atomic E-state index is 11.3. The van der Waals surface area contributed by atoms with Crippen molar-refractivity contribution in [1.82, 2.24) is 0 Å². The van der Waals surface area contributed by atoms with E-state index in [0.717, 1.165) is 26.1 Å². The molecule has 4 heteroatoms. The van der Waals surface area contributed by atoms with Crippen LogP contribution in [0.2, 0.25) is 0 Å². The first-order valence-corrected chi connectivity index (χ1v) is 6.33. The number of carbonyl (C=O) groups excluding carboxylic acids is 1. The molecule has 0 aromatic rings. The molecule has 1 rings (SSSR count). The molecule has 1 heterocycles. The van der Waals surface area contributed by atoms with E-state index in [1.54, 1.807) is 18.7 Å². The smallest absolute Gasteiger partial charge is 0.334 e. The van der Waals surface area contributed by atoms with E-state index < -0.39 is 0 Å². The van der Waals surface area contributed by atoms with Gasteiger partial charge in [-0.25, -0.2) is 4.79 Å². The third-order valence-electron chi connectivity index (χ3n) is 2.23. The van der Waals surface area contributed by atoms with E-state index in [2.05, 4.69) is 6.58 Å². The molecule has 86 valence electrons. The largest absolute Gasteiger partial charge is 0.463 e. The summed E-state index contributed by atoms with van der Waals surface area (Å²) in [6.45, 7) is 7.62. The van der Waals surface area contributed by atoms with Crippen LogP contribution in [0.5, 0.6) is 0 Å². The number of carbonyl (C=O) groups is 1. The second-order valence-corrected chi connectivity index (χ2v) is 4.74. The molecule has 1 fully saturated rings. The fraction of sp³-hybridized carbons (Fsp3) is 0.727. The Kier molecular flexibility index (Phi) is 5.79. The molecular weight excluding hydrogens is 212 g/mol. The summed E-state index contributed by atoms with van der Waals surface area (Å²) in [6, 6.07) is 0. The minimum Gasteiger partial charge on any atom is -0.463 e. The van der Waals surface area contributed by atoms with Crippen molar-refractivity contribution >= 4 is 17.7 Å². The van der Waals surface area contributed by atoms with Gasteiger partial charge < -0.3 is 9.47 Å². The lowest BCUT2D eigenvalue weighted by Crippen LogP contribution is -2.19. The zero-order chi connectivity index (χ0) is 11.1. The SMILES string of the molecule is C=C(CSC1CCOCC1)C(=O)OCC. The van der Waals surface area contributed by atoms with Crippen LogP contribution in [-0.4, -0.2) is 36.8 Å². The quantitative estimate of drug-likeness (QED) is 0.534. The maximum atomic E-state index is 11.3. The number of hydrogen-bond acceptors (Lipinski definition) is 4. The average Bonchev–Trinajstić information content (AvgIpc) is 2.27. The predicted molar refractivity (Wildman–Crippen MR) is 62.1 cm³/mol. The summed E-state index contributed by atoms with van der Waals surface area (Å²) in [6.07, 6.45) is 2.14. The maximum Gasteiger partial charge on any atom is 0.334 e. The third-order valence-corrected chi connectivity index (χ3v) is 3.68. The van der Waals surface area contributed by atoms with Crippen molar-refractivity contribution in [2.45, 2.75) is 25.0 Å². The standard InChI is InChI=1S/C11H18O3S/c1-3-14-11(12)9(2)8-15-10-4-6-13-7-5-10/h10H,2-8H2,1H3. The summed E-state index contributed by atoms with van der Waals surface area (Å²) < 4.78 is 10.1. The molecule has 1 saturated heterocycles. The number of ether oxygens (including phenoxy) is 2. The lowest BCUT2D eigenvalue weighted by molar-refractivity contribution is -0.138. The van der Waals surface area contributed by atoms with Crippen LogP contribution in [0.3, 0.4) is 0 Å². The number of rotatable bonds is 5. The fourth-order valence-corrected chi connectivity index (χ4v) is 2.43. The normalized spacial score (nSPS) is 17.4. The van der Waals surface area contributed by atoms with E-state index in [-0.39, 0.29) is 5.97 Å². The topological polar surface area (TPSA) is 35.5 Å². The van der Waals surface area contributed by atoms with Crippen LogP contribution in [0.25, 0.3) is 0 Å². The molecule has 0 bridgehead atoms. The Bertz CT molecular complexity index is 222. The van der Waals surface area contributed by atoms with Gasteiger partial charge in [0.25, 0.3) is 0 Å². The Morgan fingerprint density at radius 1 is 1.53 bits per heavy atom. The molecule has 0 N–H and O–H groups in total. The van der Waals surface area contributed by atoms with E-state index in [0.29, 0.717) is 23.2 Å². The molecule has 0 aromatic heterocycles. The van der Waals surface area contributed by atoms with Gasteiger partial charge in [0.1, 0.15) is 0 Å². The third kappa shape index (κ3) is 4.71. The first-order chi connectivity index (χ1) is 7.24. The first-order valence-electron chi connectivity index (χ1n) is 5.28. The lowest BCUT2D eigenvalue weighted by atomic mass is 10.2. The summed E-state index contributed by atoms with van der Waals surface area (Å²) >= 11 is 1.78. The predicted octanol–water partition coefficient (Wildman–Crippen LogP) is 2.02. The Labute approximate surface area is 95.2 Å². The van der Waals surface area contributed by atoms with Crippen LogP contribution in [-0.2, 0) is 14.3 Å². The van der Waals surface area contributed by atoms with Gasteiger partial charge in [0.15, 0.2) is 0 Å². The van der Waals surface area contributed by atoms with Crippen molar-refractivity contribution in [1.29, 1.82) is 0 Å². The number of esters is 1. The Balaban J connectivity index is 2.17. The molecule has 0 unspecified atom stereocenters. The minimum absolute atomic E-state index is 0.267. The minimum atomic E-state index is -0.267. The fourth-order valence-electron chi connectivity index (χ4n) is 1.35. The van der Waals surface area contributed by atoms with Crippen molar-refractivity contribution in [2.75, 3.05) is 25.6 Å². The molecule has 0 atom stereocenters. The van der Waals surface area contributed by atoms with Gasteiger partial charge in [-0.1, -0.05) is 6.58 Å². The zero-order valence-corrected chi connectivity index (χ0v) is 9.98. The molecule has 1 aliphatic heterocycles. The van der Waals surface area contributed by atoms with Gasteiger partial charge in [-0.2, -0.15) is 11.8 Å². The molecule has 0 saturated carbocycles. The monoisotopic (exact) mass is 230 g/mol. The van der Waals surface area contributed by atoms with Gasteiger partial charge in [-0.3, -0.25) is 0 Å². The van der Waals surface area contributed by atoms with Gasteiger partial charge in [-0.05, 0) is 19.8 Å². The first kappa shape index (κ1) is 12.6. The van der Waals surface area contributed by atoms with Crippen molar-refractivity contribution in [3.05, 3.63) is 12.2 Å². The molecule has 0 aliphatic carbocycles. The van der Waals surface area contributed by atoms with Gasteiger partial charge in [-0.15, -0.1) is 0 Å². The lowest BCUT2D eigenvalue weighted by Gasteiger charge is -2.21. The highest BCUT2D eigenvalue weighted by Gasteiger charge is 2.16. The van der Waals surface area contributed by atoms with Crippen LogP contribution in [0.4, 0.5) is 0 Å².